The minimum Gasteiger partial charge on any atom is -0.463 e. The second-order valence-corrected chi connectivity index (χ2v) is 13.8. The number of nitrogens with zero attached hydrogens (tertiary/aromatic N) is 3. The molecule has 4 aliphatic heterocycles. The van der Waals surface area contributed by atoms with Crippen molar-refractivity contribution < 1.29 is 38.5 Å². The highest BCUT2D eigenvalue weighted by atomic mass is 16.5. The van der Waals surface area contributed by atoms with Gasteiger partial charge in [0.2, 0.25) is 17.7 Å². The lowest BCUT2D eigenvalue weighted by molar-refractivity contribution is -0.152. The smallest absolute Gasteiger partial charge is 0.306 e. The van der Waals surface area contributed by atoms with E-state index in [-0.39, 0.29) is 43.9 Å². The molecule has 1 aromatic carbocycles. The van der Waals surface area contributed by atoms with Crippen LogP contribution in [0.25, 0.3) is 0 Å². The summed E-state index contributed by atoms with van der Waals surface area (Å²) in [5.41, 5.74) is -0.472. The molecule has 49 heavy (non-hydrogen) atoms. The van der Waals surface area contributed by atoms with E-state index in [0.717, 1.165) is 18.7 Å². The lowest BCUT2D eigenvalue weighted by atomic mass is 9.70. The Balaban J connectivity index is 1.43. The van der Waals surface area contributed by atoms with E-state index in [9.17, 15) is 24.3 Å². The predicted molar refractivity (Wildman–Crippen MR) is 182 cm³/mol. The fourth-order valence-electron chi connectivity index (χ4n) is 8.00. The van der Waals surface area contributed by atoms with Crippen molar-refractivity contribution in [1.82, 2.24) is 20.0 Å². The van der Waals surface area contributed by atoms with Crippen molar-refractivity contribution in [3.63, 3.8) is 0 Å². The Hall–Kier alpha value is -3.58. The highest BCUT2D eigenvalue weighted by molar-refractivity contribution is 5.99. The van der Waals surface area contributed by atoms with Gasteiger partial charge in [-0.3, -0.25) is 24.1 Å². The molecule has 12 heteroatoms. The number of ether oxygens (including phenoxy) is 3. The molecule has 0 aliphatic carbocycles. The van der Waals surface area contributed by atoms with E-state index in [1.165, 1.54) is 4.90 Å². The maximum absolute atomic E-state index is 14.7. The average molecular weight is 681 g/mol. The standard InChI is InChI=1S/C37H52N4O8/c1-5-7-13-30(43)48-24-27(26-11-9-8-10-12-26)38-34(44)31-29-14-15-37(49-29)32(31)35(45)41(28(23-42)25(3)4)33(37)36(46)40(16-6-2)18-17-39-19-21-47-22-20-39/h5-6,8-12,25,27-29,31-33,42H,1-2,7,13-24H2,3-4H3,(H,38,44)/t27-,28+,29+,31-,32-,33+,37-/m1/s1. The van der Waals surface area contributed by atoms with E-state index >= 15 is 0 Å². The van der Waals surface area contributed by atoms with E-state index in [1.807, 2.05) is 44.2 Å². The summed E-state index contributed by atoms with van der Waals surface area (Å²) in [4.78, 5) is 61.5. The summed E-state index contributed by atoms with van der Waals surface area (Å²) in [6, 6.07) is 6.91. The SMILES string of the molecule is C=CCCC(=O)OC[C@@H](NC(=O)[C@@H]1[C@@H]2CC[C@]3(O2)[C@H](C(=O)N(CC=C)CCN2CCOCC2)N([C@@H](CO)C(C)C)C(=O)[C@@H]13)c1ccccc1. The number of hydrogen-bond donors (Lipinski definition) is 2. The molecule has 4 fully saturated rings. The molecule has 4 aliphatic rings. The van der Waals surface area contributed by atoms with Crippen LogP contribution in [0.15, 0.2) is 55.6 Å². The normalized spacial score (nSPS) is 27.4. The molecule has 1 spiro atoms. The molecule has 1 aromatic rings. The Bertz CT molecular complexity index is 1350. The third-order valence-corrected chi connectivity index (χ3v) is 10.5. The van der Waals surface area contributed by atoms with E-state index in [1.54, 1.807) is 17.1 Å². The predicted octanol–water partition coefficient (Wildman–Crippen LogP) is 2.09. The van der Waals surface area contributed by atoms with Gasteiger partial charge in [-0.05, 0) is 30.7 Å². The Labute approximate surface area is 289 Å². The average Bonchev–Trinajstić information content (AvgIpc) is 3.75. The highest BCUT2D eigenvalue weighted by Gasteiger charge is 2.75. The van der Waals surface area contributed by atoms with Gasteiger partial charge in [0.05, 0.1) is 49.8 Å². The van der Waals surface area contributed by atoms with Crippen molar-refractivity contribution in [2.75, 3.05) is 59.2 Å². The zero-order valence-electron chi connectivity index (χ0n) is 28.8. The van der Waals surface area contributed by atoms with Gasteiger partial charge >= 0.3 is 5.97 Å². The molecule has 2 bridgehead atoms. The quantitative estimate of drug-likeness (QED) is 0.187. The lowest BCUT2D eigenvalue weighted by Gasteiger charge is -2.40. The Morgan fingerprint density at radius 2 is 1.90 bits per heavy atom. The number of allylic oxidation sites excluding steroid dienone is 1. The summed E-state index contributed by atoms with van der Waals surface area (Å²) in [6.45, 7) is 15.1. The van der Waals surface area contributed by atoms with Gasteiger partial charge in [-0.1, -0.05) is 56.3 Å². The van der Waals surface area contributed by atoms with E-state index in [0.29, 0.717) is 45.6 Å². The minimum absolute atomic E-state index is 0.0828. The molecule has 3 amide bonds. The molecule has 7 atom stereocenters. The molecular formula is C37H52N4O8. The summed E-state index contributed by atoms with van der Waals surface area (Å²) < 4.78 is 17.7. The zero-order valence-corrected chi connectivity index (χ0v) is 28.8. The number of aliphatic hydroxyl groups is 1. The van der Waals surface area contributed by atoms with Crippen LogP contribution < -0.4 is 5.32 Å². The lowest BCUT2D eigenvalue weighted by Crippen LogP contribution is -2.60. The molecule has 268 valence electrons. The van der Waals surface area contributed by atoms with Crippen molar-refractivity contribution in [1.29, 1.82) is 0 Å². The number of rotatable bonds is 17. The van der Waals surface area contributed by atoms with Crippen LogP contribution in [0.5, 0.6) is 0 Å². The van der Waals surface area contributed by atoms with Crippen LogP contribution in [0.1, 0.15) is 51.1 Å². The summed E-state index contributed by atoms with van der Waals surface area (Å²) in [5, 5.41) is 13.6. The van der Waals surface area contributed by atoms with Crippen LogP contribution in [0, 0.1) is 17.8 Å². The van der Waals surface area contributed by atoms with Gasteiger partial charge in [0.15, 0.2) is 0 Å². The van der Waals surface area contributed by atoms with Gasteiger partial charge < -0.3 is 34.4 Å². The third-order valence-electron chi connectivity index (χ3n) is 10.5. The highest BCUT2D eigenvalue weighted by Crippen LogP contribution is 2.59. The molecule has 2 N–H and O–H groups in total. The summed E-state index contributed by atoms with van der Waals surface area (Å²) in [7, 11) is 0. The molecule has 0 aromatic heterocycles. The number of likely N-dealkylation sites (tertiary alicyclic amines) is 1. The number of nitrogens with one attached hydrogen (secondary N) is 1. The first-order valence-corrected chi connectivity index (χ1v) is 17.6. The summed E-state index contributed by atoms with van der Waals surface area (Å²) in [5.74, 6) is -3.36. The molecule has 0 saturated carbocycles. The number of amides is 3. The van der Waals surface area contributed by atoms with Gasteiger partial charge in [-0.25, -0.2) is 0 Å². The van der Waals surface area contributed by atoms with Crippen molar-refractivity contribution >= 4 is 23.7 Å². The van der Waals surface area contributed by atoms with Gasteiger partial charge in [0, 0.05) is 39.1 Å². The van der Waals surface area contributed by atoms with Gasteiger partial charge in [0.25, 0.3) is 0 Å². The van der Waals surface area contributed by atoms with Crippen molar-refractivity contribution in [3.05, 3.63) is 61.2 Å². The van der Waals surface area contributed by atoms with Crippen molar-refractivity contribution in [3.8, 4) is 0 Å². The fourth-order valence-corrected chi connectivity index (χ4v) is 8.00. The number of benzene rings is 1. The number of esters is 1. The Morgan fingerprint density at radius 1 is 1.16 bits per heavy atom. The van der Waals surface area contributed by atoms with E-state index < -0.39 is 53.5 Å². The van der Waals surface area contributed by atoms with Crippen LogP contribution in [-0.2, 0) is 33.4 Å². The van der Waals surface area contributed by atoms with E-state index in [4.69, 9.17) is 14.2 Å². The number of fused-ring (bicyclic) bond motifs is 1. The first-order valence-electron chi connectivity index (χ1n) is 17.6. The second kappa shape index (κ2) is 16.4. The maximum Gasteiger partial charge on any atom is 0.306 e. The molecule has 0 radical (unpaired) electrons. The van der Waals surface area contributed by atoms with Crippen molar-refractivity contribution in [2.45, 2.75) is 69.4 Å². The fraction of sp³-hybridized carbons (Fsp3) is 0.622. The number of carbonyl (C=O) groups excluding carboxylic acids is 4. The summed E-state index contributed by atoms with van der Waals surface area (Å²) >= 11 is 0. The van der Waals surface area contributed by atoms with Gasteiger partial charge in [-0.15, -0.1) is 13.2 Å². The van der Waals surface area contributed by atoms with Crippen LogP contribution in [-0.4, -0.2) is 126 Å². The van der Waals surface area contributed by atoms with Crippen LogP contribution >= 0.6 is 0 Å². The number of aliphatic hydroxyl groups excluding tert-OH is 1. The van der Waals surface area contributed by atoms with Crippen LogP contribution in [0.4, 0.5) is 0 Å². The maximum atomic E-state index is 14.7. The molecule has 0 unspecified atom stereocenters. The number of hydrogen-bond acceptors (Lipinski definition) is 9. The molecule has 4 heterocycles. The molecule has 12 nitrogen and oxygen atoms in total. The monoisotopic (exact) mass is 680 g/mol. The van der Waals surface area contributed by atoms with Crippen LogP contribution in [0.2, 0.25) is 0 Å². The molecular weight excluding hydrogens is 628 g/mol. The molecule has 5 rings (SSSR count). The first-order chi connectivity index (χ1) is 23.7. The first kappa shape index (κ1) is 36.7. The van der Waals surface area contributed by atoms with Gasteiger partial charge in [0.1, 0.15) is 18.2 Å². The zero-order chi connectivity index (χ0) is 35.1. The number of carbonyl (C=O) groups is 4. The summed E-state index contributed by atoms with van der Waals surface area (Å²) in [6.07, 6.45) is 4.36. The number of morpholine rings is 1. The second-order valence-electron chi connectivity index (χ2n) is 13.8. The topological polar surface area (TPSA) is 138 Å². The van der Waals surface area contributed by atoms with Crippen LogP contribution in [0.3, 0.4) is 0 Å². The van der Waals surface area contributed by atoms with Gasteiger partial charge in [-0.2, -0.15) is 0 Å². The Kier molecular flexibility index (Phi) is 12.3. The Morgan fingerprint density at radius 3 is 2.55 bits per heavy atom. The largest absolute Gasteiger partial charge is 0.463 e. The van der Waals surface area contributed by atoms with E-state index in [2.05, 4.69) is 23.4 Å². The van der Waals surface area contributed by atoms with Crippen molar-refractivity contribution in [2.24, 2.45) is 17.8 Å². The third kappa shape index (κ3) is 7.62. The molecule has 4 saturated heterocycles. The minimum atomic E-state index is -1.22.